The Morgan fingerprint density at radius 3 is 3.10 bits per heavy atom. The van der Waals surface area contributed by atoms with Gasteiger partial charge in [-0.05, 0) is 13.3 Å². The van der Waals surface area contributed by atoms with E-state index in [-0.39, 0.29) is 12.1 Å². The van der Waals surface area contributed by atoms with Gasteiger partial charge in [0, 0.05) is 26.2 Å². The highest BCUT2D eigenvalue weighted by molar-refractivity contribution is 6.32. The topological polar surface area (TPSA) is 79.4 Å². The highest BCUT2D eigenvalue weighted by Gasteiger charge is 2.27. The summed E-state index contributed by atoms with van der Waals surface area (Å²) in [6, 6.07) is 0.123. The molecule has 1 aliphatic rings. The third-order valence-corrected chi connectivity index (χ3v) is 3.39. The van der Waals surface area contributed by atoms with Crippen LogP contribution >= 0.6 is 11.6 Å². The van der Waals surface area contributed by atoms with E-state index in [2.05, 4.69) is 20.6 Å². The van der Waals surface area contributed by atoms with Crippen molar-refractivity contribution in [1.82, 2.24) is 14.9 Å². The molecule has 1 saturated heterocycles. The van der Waals surface area contributed by atoms with Crippen molar-refractivity contribution in [3.8, 4) is 0 Å². The van der Waals surface area contributed by atoms with Crippen molar-refractivity contribution in [1.29, 1.82) is 0 Å². The van der Waals surface area contributed by atoms with E-state index < -0.39 is 0 Å². The van der Waals surface area contributed by atoms with E-state index in [4.69, 9.17) is 16.3 Å². The number of carbonyl (C=O) groups is 1. The van der Waals surface area contributed by atoms with Crippen LogP contribution in [0.5, 0.6) is 0 Å². The molecule has 0 aliphatic carbocycles. The zero-order chi connectivity index (χ0) is 14.5. The molecule has 1 amide bonds. The molecule has 0 bridgehead atoms. The Kier molecular flexibility index (Phi) is 4.84. The number of aromatic nitrogens is 2. The van der Waals surface area contributed by atoms with E-state index in [0.29, 0.717) is 36.4 Å². The minimum atomic E-state index is -0.272. The first-order valence-electron chi connectivity index (χ1n) is 6.52. The number of halogens is 1. The smallest absolute Gasteiger partial charge is 0.409 e. The van der Waals surface area contributed by atoms with Gasteiger partial charge in [-0.25, -0.2) is 14.8 Å². The lowest BCUT2D eigenvalue weighted by Gasteiger charge is -2.18. The fraction of sp³-hybridized carbons (Fsp3) is 0.583. The van der Waals surface area contributed by atoms with Gasteiger partial charge in [0.05, 0.1) is 6.61 Å². The summed E-state index contributed by atoms with van der Waals surface area (Å²) < 4.78 is 4.99. The van der Waals surface area contributed by atoms with E-state index in [1.54, 1.807) is 18.9 Å². The average molecular weight is 300 g/mol. The predicted molar refractivity (Wildman–Crippen MR) is 77.2 cm³/mol. The van der Waals surface area contributed by atoms with Crippen molar-refractivity contribution < 1.29 is 9.53 Å². The van der Waals surface area contributed by atoms with Gasteiger partial charge in [0.2, 0.25) is 0 Å². The molecular weight excluding hydrogens is 282 g/mol. The number of rotatable bonds is 4. The highest BCUT2D eigenvalue weighted by Crippen LogP contribution is 2.27. The van der Waals surface area contributed by atoms with Gasteiger partial charge < -0.3 is 20.3 Å². The number of hydrogen-bond donors (Lipinski definition) is 2. The molecule has 0 radical (unpaired) electrons. The zero-order valence-electron chi connectivity index (χ0n) is 11.5. The number of nitrogens with zero attached hydrogens (tertiary/aromatic N) is 3. The Balaban J connectivity index is 1.99. The molecule has 0 saturated carbocycles. The SMILES string of the molecule is CCOC(=O)N1CCC(Nc2ncnc(Cl)c2NC)C1. The van der Waals surface area contributed by atoms with E-state index >= 15 is 0 Å². The Hall–Kier alpha value is -1.76. The summed E-state index contributed by atoms with van der Waals surface area (Å²) in [6.45, 7) is 3.44. The van der Waals surface area contributed by atoms with Crippen LogP contribution in [0.4, 0.5) is 16.3 Å². The van der Waals surface area contributed by atoms with Crippen LogP contribution in [0.15, 0.2) is 6.33 Å². The summed E-state index contributed by atoms with van der Waals surface area (Å²) in [5.74, 6) is 0.642. The number of amides is 1. The Morgan fingerprint density at radius 2 is 2.40 bits per heavy atom. The Labute approximate surface area is 122 Å². The third-order valence-electron chi connectivity index (χ3n) is 3.11. The molecule has 2 rings (SSSR count). The molecule has 1 atom stereocenters. The maximum Gasteiger partial charge on any atom is 0.409 e. The molecule has 1 aromatic heterocycles. The number of carbonyl (C=O) groups excluding carboxylic acids is 1. The van der Waals surface area contributed by atoms with Crippen molar-refractivity contribution in [2.24, 2.45) is 0 Å². The number of anilines is 2. The lowest BCUT2D eigenvalue weighted by molar-refractivity contribution is 0.115. The summed E-state index contributed by atoms with van der Waals surface area (Å²) in [5.41, 5.74) is 0.656. The lowest BCUT2D eigenvalue weighted by Crippen LogP contribution is -2.32. The minimum Gasteiger partial charge on any atom is -0.450 e. The highest BCUT2D eigenvalue weighted by atomic mass is 35.5. The molecule has 7 nitrogen and oxygen atoms in total. The van der Waals surface area contributed by atoms with Gasteiger partial charge in [0.15, 0.2) is 11.0 Å². The summed E-state index contributed by atoms with van der Waals surface area (Å²) in [7, 11) is 1.76. The molecule has 1 aromatic rings. The van der Waals surface area contributed by atoms with Crippen LogP contribution in [-0.4, -0.2) is 53.7 Å². The van der Waals surface area contributed by atoms with Crippen LogP contribution in [0.1, 0.15) is 13.3 Å². The van der Waals surface area contributed by atoms with Crippen LogP contribution in [0.25, 0.3) is 0 Å². The molecule has 8 heteroatoms. The van der Waals surface area contributed by atoms with Crippen molar-refractivity contribution in [3.63, 3.8) is 0 Å². The molecule has 2 heterocycles. The van der Waals surface area contributed by atoms with Crippen LogP contribution in [-0.2, 0) is 4.74 Å². The van der Waals surface area contributed by atoms with Gasteiger partial charge in [0.25, 0.3) is 0 Å². The van der Waals surface area contributed by atoms with E-state index in [1.807, 2.05) is 0 Å². The van der Waals surface area contributed by atoms with Gasteiger partial charge in [-0.3, -0.25) is 0 Å². The van der Waals surface area contributed by atoms with Gasteiger partial charge in [0.1, 0.15) is 12.0 Å². The van der Waals surface area contributed by atoms with Gasteiger partial charge in [-0.2, -0.15) is 0 Å². The summed E-state index contributed by atoms with van der Waals surface area (Å²) in [4.78, 5) is 21.4. The Bertz CT molecular complexity index is 485. The summed E-state index contributed by atoms with van der Waals surface area (Å²) in [6.07, 6.45) is 1.97. The van der Waals surface area contributed by atoms with Crippen LogP contribution < -0.4 is 10.6 Å². The molecule has 1 fully saturated rings. The molecular formula is C12H18ClN5O2. The number of ether oxygens (including phenoxy) is 1. The van der Waals surface area contributed by atoms with E-state index in [9.17, 15) is 4.79 Å². The van der Waals surface area contributed by atoms with Crippen molar-refractivity contribution in [3.05, 3.63) is 11.5 Å². The first-order valence-corrected chi connectivity index (χ1v) is 6.90. The Morgan fingerprint density at radius 1 is 1.60 bits per heavy atom. The largest absolute Gasteiger partial charge is 0.450 e. The maximum atomic E-state index is 11.6. The van der Waals surface area contributed by atoms with Gasteiger partial charge in [-0.15, -0.1) is 0 Å². The van der Waals surface area contributed by atoms with Crippen LogP contribution in [0.2, 0.25) is 5.15 Å². The number of nitrogens with one attached hydrogen (secondary N) is 2. The fourth-order valence-corrected chi connectivity index (χ4v) is 2.37. The first kappa shape index (κ1) is 14.6. The molecule has 110 valence electrons. The van der Waals surface area contributed by atoms with Gasteiger partial charge >= 0.3 is 6.09 Å². The second-order valence-corrected chi connectivity index (χ2v) is 4.77. The van der Waals surface area contributed by atoms with Crippen molar-refractivity contribution >= 4 is 29.2 Å². The molecule has 1 unspecified atom stereocenters. The third kappa shape index (κ3) is 3.22. The average Bonchev–Trinajstić information content (AvgIpc) is 2.88. The molecule has 2 N–H and O–H groups in total. The monoisotopic (exact) mass is 299 g/mol. The molecule has 1 aliphatic heterocycles. The predicted octanol–water partition coefficient (Wildman–Crippen LogP) is 1.81. The number of likely N-dealkylation sites (tertiary alicyclic amines) is 1. The molecule has 0 spiro atoms. The second-order valence-electron chi connectivity index (χ2n) is 4.41. The maximum absolute atomic E-state index is 11.6. The zero-order valence-corrected chi connectivity index (χ0v) is 12.3. The molecule has 0 aromatic carbocycles. The van der Waals surface area contributed by atoms with E-state index in [1.165, 1.54) is 6.33 Å². The minimum absolute atomic E-state index is 0.123. The van der Waals surface area contributed by atoms with Crippen LogP contribution in [0, 0.1) is 0 Å². The summed E-state index contributed by atoms with van der Waals surface area (Å²) in [5, 5.41) is 6.61. The normalized spacial score (nSPS) is 17.9. The fourth-order valence-electron chi connectivity index (χ4n) is 2.15. The molecule has 20 heavy (non-hydrogen) atoms. The quantitative estimate of drug-likeness (QED) is 0.826. The van der Waals surface area contributed by atoms with E-state index in [0.717, 1.165) is 6.42 Å². The second kappa shape index (κ2) is 6.60. The van der Waals surface area contributed by atoms with Crippen LogP contribution in [0.3, 0.4) is 0 Å². The standard InChI is InChI=1S/C12H18ClN5O2/c1-3-20-12(19)18-5-4-8(6-18)17-11-9(14-2)10(13)15-7-16-11/h7-8,14H,3-6H2,1-2H3,(H,15,16,17). The van der Waals surface area contributed by atoms with Gasteiger partial charge in [-0.1, -0.05) is 11.6 Å². The van der Waals surface area contributed by atoms with Crippen molar-refractivity contribution in [2.75, 3.05) is 37.4 Å². The lowest BCUT2D eigenvalue weighted by atomic mass is 10.2. The first-order chi connectivity index (χ1) is 9.65. The summed E-state index contributed by atoms with van der Waals surface area (Å²) >= 11 is 6.00. The number of hydrogen-bond acceptors (Lipinski definition) is 6. The van der Waals surface area contributed by atoms with Crippen molar-refractivity contribution in [2.45, 2.75) is 19.4 Å².